The highest BCUT2D eigenvalue weighted by atomic mass is 15.1. The average molecular weight is 967 g/mol. The van der Waals surface area contributed by atoms with Crippen LogP contribution in [0.1, 0.15) is 0 Å². The molecule has 2 nitrogen and oxygen atoms in total. The molecule has 0 radical (unpaired) electrons. The van der Waals surface area contributed by atoms with E-state index in [1.165, 1.54) is 99.0 Å². The summed E-state index contributed by atoms with van der Waals surface area (Å²) < 4.78 is 2.46. The molecule has 1 heterocycles. The molecule has 0 bridgehead atoms. The van der Waals surface area contributed by atoms with Crippen molar-refractivity contribution in [3.05, 3.63) is 303 Å². The van der Waals surface area contributed by atoms with Crippen LogP contribution in [0.2, 0.25) is 0 Å². The first kappa shape index (κ1) is 44.7. The van der Waals surface area contributed by atoms with Crippen molar-refractivity contribution >= 4 is 60.4 Å². The zero-order valence-electron chi connectivity index (χ0n) is 41.8. The van der Waals surface area contributed by atoms with Crippen molar-refractivity contribution in [2.24, 2.45) is 0 Å². The second kappa shape index (κ2) is 19.1. The number of rotatable bonds is 10. The highest BCUT2D eigenvalue weighted by Crippen LogP contribution is 2.45. The number of aromatic nitrogens is 1. The van der Waals surface area contributed by atoms with Gasteiger partial charge >= 0.3 is 0 Å². The molecule has 0 fully saturated rings. The maximum absolute atomic E-state index is 2.46. The molecule has 0 N–H and O–H groups in total. The molecule has 2 heteroatoms. The third-order valence-electron chi connectivity index (χ3n) is 15.2. The zero-order chi connectivity index (χ0) is 50.4. The summed E-state index contributed by atoms with van der Waals surface area (Å²) in [6.45, 7) is 0. The van der Waals surface area contributed by atoms with E-state index in [9.17, 15) is 0 Å². The van der Waals surface area contributed by atoms with Gasteiger partial charge in [-0.2, -0.15) is 0 Å². The number of hydrogen-bond acceptors (Lipinski definition) is 1. The zero-order valence-corrected chi connectivity index (χ0v) is 41.8. The van der Waals surface area contributed by atoms with Gasteiger partial charge in [-0.25, -0.2) is 0 Å². The SMILES string of the molecule is c1ccc(-c2ccc3c4c(-c5cccc(N(c6ccc(-c7ccc(-c8cccc9ccccc89)cc7)cc6)c6ccc(-c7cccc8ccccc78)cc6)c5)cc(-c5ccccc5)cc4n(-c4ccccc4)c3c2)cc1. The highest BCUT2D eigenvalue weighted by Gasteiger charge is 2.21. The molecule has 0 atom stereocenters. The lowest BCUT2D eigenvalue weighted by molar-refractivity contribution is 1.18. The molecule has 0 amide bonds. The van der Waals surface area contributed by atoms with Gasteiger partial charge in [-0.15, -0.1) is 0 Å². The number of fused-ring (bicyclic) bond motifs is 5. The second-order valence-corrected chi connectivity index (χ2v) is 19.7. The molecule has 0 unspecified atom stereocenters. The molecule has 356 valence electrons. The maximum Gasteiger partial charge on any atom is 0.0553 e. The number of para-hydroxylation sites is 1. The van der Waals surface area contributed by atoms with Crippen LogP contribution in [0.25, 0.3) is 116 Å². The van der Waals surface area contributed by atoms with Gasteiger partial charge in [0.2, 0.25) is 0 Å². The molecule has 0 spiro atoms. The quantitative estimate of drug-likeness (QED) is 0.133. The van der Waals surface area contributed by atoms with Crippen molar-refractivity contribution < 1.29 is 0 Å². The molecule has 0 saturated carbocycles. The highest BCUT2D eigenvalue weighted by molar-refractivity contribution is 6.18. The van der Waals surface area contributed by atoms with Gasteiger partial charge < -0.3 is 9.47 Å². The Morgan fingerprint density at radius 1 is 0.224 bits per heavy atom. The smallest absolute Gasteiger partial charge is 0.0553 e. The third kappa shape index (κ3) is 8.10. The van der Waals surface area contributed by atoms with Crippen molar-refractivity contribution in [3.63, 3.8) is 0 Å². The number of nitrogens with zero attached hydrogens (tertiary/aromatic N) is 2. The van der Waals surface area contributed by atoms with Crippen LogP contribution in [0.15, 0.2) is 303 Å². The molecular formula is C74H50N2. The van der Waals surface area contributed by atoms with E-state index in [1.807, 2.05) is 0 Å². The van der Waals surface area contributed by atoms with Crippen LogP contribution < -0.4 is 4.90 Å². The Morgan fingerprint density at radius 3 is 1.26 bits per heavy atom. The molecule has 14 rings (SSSR count). The predicted octanol–water partition coefficient (Wildman–Crippen LogP) is 20.6. The molecule has 1 aromatic heterocycles. The Balaban J connectivity index is 0.923. The summed E-state index contributed by atoms with van der Waals surface area (Å²) in [5.74, 6) is 0. The van der Waals surface area contributed by atoms with Gasteiger partial charge in [-0.05, 0) is 155 Å². The average Bonchev–Trinajstić information content (AvgIpc) is 3.94. The van der Waals surface area contributed by atoms with E-state index in [-0.39, 0.29) is 0 Å². The van der Waals surface area contributed by atoms with Crippen LogP contribution in [-0.4, -0.2) is 4.57 Å². The molecule has 0 saturated heterocycles. The summed E-state index contributed by atoms with van der Waals surface area (Å²) in [5, 5.41) is 7.43. The lowest BCUT2D eigenvalue weighted by Gasteiger charge is -2.26. The monoisotopic (exact) mass is 966 g/mol. The topological polar surface area (TPSA) is 8.17 Å². The van der Waals surface area contributed by atoms with E-state index in [0.29, 0.717) is 0 Å². The Morgan fingerprint density at radius 2 is 0.658 bits per heavy atom. The van der Waals surface area contributed by atoms with Crippen LogP contribution in [0.4, 0.5) is 17.1 Å². The van der Waals surface area contributed by atoms with Crippen molar-refractivity contribution in [3.8, 4) is 72.4 Å². The van der Waals surface area contributed by atoms with E-state index in [4.69, 9.17) is 0 Å². The van der Waals surface area contributed by atoms with E-state index in [1.54, 1.807) is 0 Å². The van der Waals surface area contributed by atoms with Crippen molar-refractivity contribution in [1.82, 2.24) is 4.57 Å². The van der Waals surface area contributed by atoms with Crippen LogP contribution in [0.3, 0.4) is 0 Å². The largest absolute Gasteiger partial charge is 0.310 e. The minimum atomic E-state index is 1.07. The first-order valence-electron chi connectivity index (χ1n) is 26.1. The van der Waals surface area contributed by atoms with Gasteiger partial charge in [-0.1, -0.05) is 237 Å². The van der Waals surface area contributed by atoms with E-state index in [0.717, 1.165) is 33.8 Å². The lowest BCUT2D eigenvalue weighted by Crippen LogP contribution is -2.10. The Kier molecular flexibility index (Phi) is 11.2. The summed E-state index contributed by atoms with van der Waals surface area (Å²) in [6, 6.07) is 111. The van der Waals surface area contributed by atoms with E-state index in [2.05, 4.69) is 313 Å². The molecule has 0 aliphatic rings. The van der Waals surface area contributed by atoms with Gasteiger partial charge in [0, 0.05) is 33.5 Å². The fraction of sp³-hybridized carbons (Fsp3) is 0. The van der Waals surface area contributed by atoms with Gasteiger partial charge in [0.05, 0.1) is 11.0 Å². The van der Waals surface area contributed by atoms with E-state index >= 15 is 0 Å². The van der Waals surface area contributed by atoms with Crippen molar-refractivity contribution in [2.75, 3.05) is 4.90 Å². The first-order valence-corrected chi connectivity index (χ1v) is 26.1. The summed E-state index contributed by atoms with van der Waals surface area (Å²) in [5.41, 5.74) is 20.9. The lowest BCUT2D eigenvalue weighted by atomic mass is 9.93. The summed E-state index contributed by atoms with van der Waals surface area (Å²) >= 11 is 0. The molecule has 13 aromatic carbocycles. The standard InChI is InChI=1S/C74H50N2/c1-4-17-51(18-5-1)59-41-46-70-72(49-59)76(62-26-8-3-9-27-62)73-50-61(52-19-6-2-7-20-52)48-71(74(70)73)60-25-14-28-65(47-60)75(64-44-39-58(40-45-64)69-32-16-24-56-22-11-13-30-67(56)69)63-42-37-54(38-43-63)53-33-35-57(36-34-53)68-31-15-23-55-21-10-12-29-66(55)68/h1-50H. The van der Waals surface area contributed by atoms with E-state index < -0.39 is 0 Å². The minimum Gasteiger partial charge on any atom is -0.310 e. The van der Waals surface area contributed by atoms with Crippen LogP contribution in [0.5, 0.6) is 0 Å². The molecule has 14 aromatic rings. The first-order chi connectivity index (χ1) is 37.7. The van der Waals surface area contributed by atoms with Crippen LogP contribution in [-0.2, 0) is 0 Å². The minimum absolute atomic E-state index is 1.07. The Hall–Kier alpha value is -10.0. The van der Waals surface area contributed by atoms with Gasteiger partial charge in [-0.3, -0.25) is 0 Å². The normalized spacial score (nSPS) is 11.4. The summed E-state index contributed by atoms with van der Waals surface area (Å²) in [7, 11) is 0. The summed E-state index contributed by atoms with van der Waals surface area (Å²) in [4.78, 5) is 2.40. The van der Waals surface area contributed by atoms with Crippen molar-refractivity contribution in [1.29, 1.82) is 0 Å². The third-order valence-corrected chi connectivity index (χ3v) is 15.2. The van der Waals surface area contributed by atoms with Gasteiger partial charge in [0.1, 0.15) is 0 Å². The fourth-order valence-electron chi connectivity index (χ4n) is 11.5. The molecule has 0 aliphatic heterocycles. The Bertz CT molecular complexity index is 4390. The Labute approximate surface area is 443 Å². The fourth-order valence-corrected chi connectivity index (χ4v) is 11.5. The number of anilines is 3. The van der Waals surface area contributed by atoms with Crippen LogP contribution >= 0.6 is 0 Å². The predicted molar refractivity (Wildman–Crippen MR) is 323 cm³/mol. The maximum atomic E-state index is 2.46. The molecular weight excluding hydrogens is 917 g/mol. The van der Waals surface area contributed by atoms with Gasteiger partial charge in [0.25, 0.3) is 0 Å². The molecule has 76 heavy (non-hydrogen) atoms. The number of hydrogen-bond donors (Lipinski definition) is 0. The van der Waals surface area contributed by atoms with Crippen molar-refractivity contribution in [2.45, 2.75) is 0 Å². The number of benzene rings is 13. The summed E-state index contributed by atoms with van der Waals surface area (Å²) in [6.07, 6.45) is 0. The second-order valence-electron chi connectivity index (χ2n) is 19.7. The molecule has 0 aliphatic carbocycles. The van der Waals surface area contributed by atoms with Gasteiger partial charge in [0.15, 0.2) is 0 Å². The van der Waals surface area contributed by atoms with Crippen LogP contribution in [0, 0.1) is 0 Å².